The molecule has 2 heterocycles. The smallest absolute Gasteiger partial charge is 0.407 e. The molecule has 0 aliphatic carbocycles. The second kappa shape index (κ2) is 16.2. The van der Waals surface area contributed by atoms with Crippen molar-refractivity contribution >= 4 is 17.9 Å². The summed E-state index contributed by atoms with van der Waals surface area (Å²) in [6.45, 7) is 3.65. The number of nitrogens with one attached hydrogen (secondary N) is 2. The van der Waals surface area contributed by atoms with Gasteiger partial charge in [-0.3, -0.25) is 9.59 Å². The molecule has 2 fully saturated rings. The SMILES string of the molecule is O=C(NCCC[C@@H]1NC(=O)C2(CCN(CCc3ccccc3)CC2)N(CCCCc2ccccc2)C1=O)OCc1ccccc1. The summed E-state index contributed by atoms with van der Waals surface area (Å²) in [5, 5.41) is 5.86. The van der Waals surface area contributed by atoms with E-state index in [9.17, 15) is 14.4 Å². The number of carbonyl (C=O) groups is 3. The number of amides is 3. The molecule has 3 aromatic carbocycles. The minimum absolute atomic E-state index is 0.00120. The van der Waals surface area contributed by atoms with Gasteiger partial charge in [-0.25, -0.2) is 4.79 Å². The molecule has 0 saturated carbocycles. The number of hydrogen-bond acceptors (Lipinski definition) is 5. The molecule has 0 bridgehead atoms. The van der Waals surface area contributed by atoms with Crippen LogP contribution in [-0.4, -0.2) is 72.0 Å². The normalized spacial score (nSPS) is 18.0. The van der Waals surface area contributed by atoms with Crippen molar-refractivity contribution < 1.29 is 19.1 Å². The molecular weight excluding hydrogens is 564 g/mol. The molecule has 8 heteroatoms. The molecule has 2 saturated heterocycles. The minimum Gasteiger partial charge on any atom is -0.445 e. The van der Waals surface area contributed by atoms with E-state index >= 15 is 0 Å². The van der Waals surface area contributed by atoms with E-state index in [4.69, 9.17) is 4.74 Å². The summed E-state index contributed by atoms with van der Waals surface area (Å²) in [7, 11) is 0. The molecule has 2 N–H and O–H groups in total. The quantitative estimate of drug-likeness (QED) is 0.247. The van der Waals surface area contributed by atoms with Gasteiger partial charge in [0.05, 0.1) is 0 Å². The van der Waals surface area contributed by atoms with Crippen molar-refractivity contribution in [3.8, 4) is 0 Å². The number of unbranched alkanes of at least 4 members (excludes halogenated alkanes) is 1. The summed E-state index contributed by atoms with van der Waals surface area (Å²) < 4.78 is 5.29. The molecule has 2 aliphatic rings. The van der Waals surface area contributed by atoms with Gasteiger partial charge in [-0.2, -0.15) is 0 Å². The Morgan fingerprint density at radius 2 is 1.38 bits per heavy atom. The molecule has 45 heavy (non-hydrogen) atoms. The maximum atomic E-state index is 14.0. The van der Waals surface area contributed by atoms with Crippen LogP contribution < -0.4 is 10.6 Å². The molecule has 0 radical (unpaired) electrons. The first-order valence-electron chi connectivity index (χ1n) is 16.4. The summed E-state index contributed by atoms with van der Waals surface area (Å²) in [5.41, 5.74) is 2.71. The van der Waals surface area contributed by atoms with Gasteiger partial charge < -0.3 is 25.2 Å². The summed E-state index contributed by atoms with van der Waals surface area (Å²) in [6, 6.07) is 29.8. The van der Waals surface area contributed by atoms with Crippen molar-refractivity contribution in [1.82, 2.24) is 20.4 Å². The second-order valence-corrected chi connectivity index (χ2v) is 12.2. The highest BCUT2D eigenvalue weighted by Crippen LogP contribution is 2.34. The summed E-state index contributed by atoms with van der Waals surface area (Å²) in [6.07, 6.45) is 5.52. The third kappa shape index (κ3) is 8.94. The molecule has 8 nitrogen and oxygen atoms in total. The predicted octanol–water partition coefficient (Wildman–Crippen LogP) is 5.12. The van der Waals surface area contributed by atoms with Crippen molar-refractivity contribution in [2.75, 3.05) is 32.7 Å². The number of rotatable bonds is 14. The largest absolute Gasteiger partial charge is 0.445 e. The Balaban J connectivity index is 1.14. The Morgan fingerprint density at radius 1 is 0.778 bits per heavy atom. The molecule has 5 rings (SSSR count). The van der Waals surface area contributed by atoms with Gasteiger partial charge in [-0.05, 0) is 68.1 Å². The van der Waals surface area contributed by atoms with Crippen LogP contribution in [-0.2, 0) is 33.8 Å². The highest BCUT2D eigenvalue weighted by molar-refractivity contribution is 6.00. The average molecular weight is 611 g/mol. The van der Waals surface area contributed by atoms with Crippen molar-refractivity contribution in [1.29, 1.82) is 0 Å². The van der Waals surface area contributed by atoms with Crippen LogP contribution >= 0.6 is 0 Å². The van der Waals surface area contributed by atoms with Crippen LogP contribution in [0.25, 0.3) is 0 Å². The molecular formula is C37H46N4O4. The number of alkyl carbamates (subject to hydrolysis) is 1. The Morgan fingerprint density at radius 3 is 2.02 bits per heavy atom. The number of benzene rings is 3. The van der Waals surface area contributed by atoms with Crippen molar-refractivity contribution in [2.24, 2.45) is 0 Å². The van der Waals surface area contributed by atoms with Gasteiger partial charge in [0.25, 0.3) is 0 Å². The first-order chi connectivity index (χ1) is 22.0. The lowest BCUT2D eigenvalue weighted by Gasteiger charge is -2.51. The molecule has 3 aromatic rings. The van der Waals surface area contributed by atoms with Gasteiger partial charge in [-0.1, -0.05) is 91.0 Å². The van der Waals surface area contributed by atoms with Gasteiger partial charge in [0.2, 0.25) is 11.8 Å². The molecule has 1 atom stereocenters. The van der Waals surface area contributed by atoms with Crippen LogP contribution in [0.4, 0.5) is 4.79 Å². The lowest BCUT2D eigenvalue weighted by molar-refractivity contribution is -0.161. The maximum Gasteiger partial charge on any atom is 0.407 e. The summed E-state index contributed by atoms with van der Waals surface area (Å²) >= 11 is 0. The van der Waals surface area contributed by atoms with E-state index in [-0.39, 0.29) is 18.4 Å². The van der Waals surface area contributed by atoms with Crippen LogP contribution in [0.5, 0.6) is 0 Å². The van der Waals surface area contributed by atoms with E-state index in [0.29, 0.717) is 38.8 Å². The zero-order valence-corrected chi connectivity index (χ0v) is 26.2. The number of carbonyl (C=O) groups excluding carboxylic acids is 3. The van der Waals surface area contributed by atoms with Crippen LogP contribution in [0, 0.1) is 0 Å². The number of hydrogen-bond donors (Lipinski definition) is 2. The Hall–Kier alpha value is -4.17. The zero-order valence-electron chi connectivity index (χ0n) is 26.2. The lowest BCUT2D eigenvalue weighted by Crippen LogP contribution is -2.73. The van der Waals surface area contributed by atoms with Gasteiger partial charge >= 0.3 is 6.09 Å². The fourth-order valence-corrected chi connectivity index (χ4v) is 6.49. The van der Waals surface area contributed by atoms with E-state index in [1.54, 1.807) is 0 Å². The molecule has 2 aliphatic heterocycles. The van der Waals surface area contributed by atoms with Crippen LogP contribution in [0.1, 0.15) is 55.2 Å². The number of piperazine rings is 1. The second-order valence-electron chi connectivity index (χ2n) is 12.2. The monoisotopic (exact) mass is 610 g/mol. The third-order valence-corrected chi connectivity index (χ3v) is 9.14. The molecule has 1 spiro atoms. The number of ether oxygens (including phenoxy) is 1. The van der Waals surface area contributed by atoms with Gasteiger partial charge in [0.1, 0.15) is 18.2 Å². The minimum atomic E-state index is -0.803. The van der Waals surface area contributed by atoms with Crippen molar-refractivity contribution in [3.05, 3.63) is 108 Å². The van der Waals surface area contributed by atoms with E-state index < -0.39 is 17.7 Å². The third-order valence-electron chi connectivity index (χ3n) is 9.14. The van der Waals surface area contributed by atoms with E-state index in [1.165, 1.54) is 11.1 Å². The summed E-state index contributed by atoms with van der Waals surface area (Å²) in [5.74, 6) is -0.0354. The van der Waals surface area contributed by atoms with Gasteiger partial charge in [0, 0.05) is 32.7 Å². The molecule has 3 amide bonds. The average Bonchev–Trinajstić information content (AvgIpc) is 3.08. The molecule has 0 aromatic heterocycles. The van der Waals surface area contributed by atoms with Crippen LogP contribution in [0.3, 0.4) is 0 Å². The van der Waals surface area contributed by atoms with Gasteiger partial charge in [0.15, 0.2) is 0 Å². The number of piperidine rings is 1. The fraction of sp³-hybridized carbons (Fsp3) is 0.432. The number of likely N-dealkylation sites (tertiary alicyclic amines) is 1. The first-order valence-corrected chi connectivity index (χ1v) is 16.4. The standard InChI is InChI=1S/C37H46N4O4/c42-34-33(20-12-24-38-36(44)45-29-32-18-8-3-9-19-32)39-35(43)37(41(34)25-11-10-17-30-13-4-1-5-14-30)22-27-40(28-23-37)26-21-31-15-6-2-7-16-31/h1-9,13-16,18-19,33H,10-12,17,20-29H2,(H,38,44)(H,39,43)/t33-/m0/s1. The highest BCUT2D eigenvalue weighted by atomic mass is 16.5. The zero-order chi connectivity index (χ0) is 31.3. The van der Waals surface area contributed by atoms with Crippen molar-refractivity contribution in [2.45, 2.75) is 69.6 Å². The van der Waals surface area contributed by atoms with E-state index in [1.807, 2.05) is 47.4 Å². The van der Waals surface area contributed by atoms with E-state index in [2.05, 4.69) is 64.1 Å². The topological polar surface area (TPSA) is 91.0 Å². The van der Waals surface area contributed by atoms with E-state index in [0.717, 1.165) is 50.9 Å². The first kappa shape index (κ1) is 32.2. The van der Waals surface area contributed by atoms with Crippen LogP contribution in [0.15, 0.2) is 91.0 Å². The number of aryl methyl sites for hydroxylation is 1. The fourth-order valence-electron chi connectivity index (χ4n) is 6.49. The summed E-state index contributed by atoms with van der Waals surface area (Å²) in [4.78, 5) is 44.3. The number of nitrogens with zero attached hydrogens (tertiary/aromatic N) is 2. The molecule has 0 unspecified atom stereocenters. The predicted molar refractivity (Wildman–Crippen MR) is 175 cm³/mol. The van der Waals surface area contributed by atoms with Crippen LogP contribution in [0.2, 0.25) is 0 Å². The van der Waals surface area contributed by atoms with Gasteiger partial charge in [-0.15, -0.1) is 0 Å². The molecule has 238 valence electrons. The highest BCUT2D eigenvalue weighted by Gasteiger charge is 2.53. The maximum absolute atomic E-state index is 14.0. The Labute approximate surface area is 267 Å². The van der Waals surface area contributed by atoms with Crippen molar-refractivity contribution in [3.63, 3.8) is 0 Å². The Kier molecular flexibility index (Phi) is 11.6. The Bertz CT molecular complexity index is 1360. The lowest BCUT2D eigenvalue weighted by atomic mass is 9.81.